The lowest BCUT2D eigenvalue weighted by Crippen LogP contribution is -2.23. The third kappa shape index (κ3) is 2.94. The largest absolute Gasteiger partial charge is 0.306 e. The fourth-order valence-corrected chi connectivity index (χ4v) is 2.95. The van der Waals surface area contributed by atoms with Crippen molar-refractivity contribution in [3.05, 3.63) is 56.7 Å². The molecular formula is C15H18ClNS. The number of thiophene rings is 1. The number of benzene rings is 1. The first-order valence-corrected chi connectivity index (χ1v) is 7.56. The minimum atomic E-state index is 0.198. The molecule has 18 heavy (non-hydrogen) atoms. The Kier molecular flexibility index (Phi) is 4.81. The summed E-state index contributed by atoms with van der Waals surface area (Å²) in [5.41, 5.74) is 3.59. The summed E-state index contributed by atoms with van der Waals surface area (Å²) in [6, 6.07) is 8.60. The smallest absolute Gasteiger partial charge is 0.0599 e. The summed E-state index contributed by atoms with van der Waals surface area (Å²) < 4.78 is 0. The van der Waals surface area contributed by atoms with Gasteiger partial charge < -0.3 is 5.32 Å². The number of nitrogens with one attached hydrogen (secondary N) is 1. The first-order valence-electron chi connectivity index (χ1n) is 6.24. The van der Waals surface area contributed by atoms with Gasteiger partial charge in [0.15, 0.2) is 0 Å². The van der Waals surface area contributed by atoms with Crippen LogP contribution in [0.5, 0.6) is 0 Å². The van der Waals surface area contributed by atoms with Gasteiger partial charge in [-0.3, -0.25) is 0 Å². The van der Waals surface area contributed by atoms with E-state index >= 15 is 0 Å². The van der Waals surface area contributed by atoms with Crippen molar-refractivity contribution < 1.29 is 0 Å². The third-order valence-corrected chi connectivity index (χ3v) is 4.23. The highest BCUT2D eigenvalue weighted by Gasteiger charge is 2.17. The molecule has 0 saturated heterocycles. The van der Waals surface area contributed by atoms with Crippen LogP contribution in [-0.4, -0.2) is 6.54 Å². The van der Waals surface area contributed by atoms with E-state index in [1.54, 1.807) is 11.3 Å². The highest BCUT2D eigenvalue weighted by atomic mass is 35.5. The molecule has 0 spiro atoms. The van der Waals surface area contributed by atoms with Crippen LogP contribution in [0.3, 0.4) is 0 Å². The Morgan fingerprint density at radius 3 is 2.83 bits per heavy atom. The molecule has 0 radical (unpaired) electrons. The van der Waals surface area contributed by atoms with E-state index in [9.17, 15) is 0 Å². The van der Waals surface area contributed by atoms with Gasteiger partial charge in [0.05, 0.1) is 6.04 Å². The Morgan fingerprint density at radius 2 is 2.17 bits per heavy atom. The van der Waals surface area contributed by atoms with Gasteiger partial charge in [-0.2, -0.15) is 11.3 Å². The predicted molar refractivity (Wildman–Crippen MR) is 80.6 cm³/mol. The van der Waals surface area contributed by atoms with E-state index in [1.165, 1.54) is 11.1 Å². The van der Waals surface area contributed by atoms with Crippen molar-refractivity contribution in [1.82, 2.24) is 5.32 Å². The van der Waals surface area contributed by atoms with Gasteiger partial charge in [-0.25, -0.2) is 0 Å². The van der Waals surface area contributed by atoms with Gasteiger partial charge >= 0.3 is 0 Å². The summed E-state index contributed by atoms with van der Waals surface area (Å²) in [5, 5.41) is 8.75. The van der Waals surface area contributed by atoms with Crippen LogP contribution in [-0.2, 0) is 0 Å². The molecule has 0 aliphatic rings. The minimum Gasteiger partial charge on any atom is -0.306 e. The van der Waals surface area contributed by atoms with Crippen molar-refractivity contribution in [3.63, 3.8) is 0 Å². The molecule has 1 N–H and O–H groups in total. The van der Waals surface area contributed by atoms with Crippen molar-refractivity contribution in [1.29, 1.82) is 0 Å². The maximum absolute atomic E-state index is 6.45. The normalized spacial score (nSPS) is 12.6. The topological polar surface area (TPSA) is 12.0 Å². The Bertz CT molecular complexity index is 493. The van der Waals surface area contributed by atoms with Crippen LogP contribution < -0.4 is 5.32 Å². The molecule has 1 atom stereocenters. The highest BCUT2D eigenvalue weighted by Crippen LogP contribution is 2.31. The summed E-state index contributed by atoms with van der Waals surface area (Å²) in [6.45, 7) is 5.22. The summed E-state index contributed by atoms with van der Waals surface area (Å²) in [6.07, 6.45) is 1.12. The maximum Gasteiger partial charge on any atom is 0.0599 e. The van der Waals surface area contributed by atoms with Crippen molar-refractivity contribution >= 4 is 22.9 Å². The van der Waals surface area contributed by atoms with Gasteiger partial charge in [-0.05, 0) is 53.4 Å². The molecular weight excluding hydrogens is 262 g/mol. The lowest BCUT2D eigenvalue weighted by molar-refractivity contribution is 0.600. The minimum absolute atomic E-state index is 0.198. The van der Waals surface area contributed by atoms with Gasteiger partial charge in [-0.15, -0.1) is 0 Å². The van der Waals surface area contributed by atoms with Gasteiger partial charge in [0, 0.05) is 5.02 Å². The monoisotopic (exact) mass is 279 g/mol. The molecule has 2 aromatic rings. The highest BCUT2D eigenvalue weighted by molar-refractivity contribution is 7.08. The average Bonchev–Trinajstić information content (AvgIpc) is 2.88. The van der Waals surface area contributed by atoms with Crippen LogP contribution in [0.4, 0.5) is 0 Å². The van der Waals surface area contributed by atoms with Crippen LogP contribution in [0.25, 0.3) is 0 Å². The van der Waals surface area contributed by atoms with Crippen molar-refractivity contribution in [2.45, 2.75) is 26.3 Å². The molecule has 2 rings (SSSR count). The molecule has 1 aromatic carbocycles. The number of halogens is 1. The second-order valence-corrected chi connectivity index (χ2v) is 5.58. The van der Waals surface area contributed by atoms with Crippen LogP contribution >= 0.6 is 22.9 Å². The molecule has 0 aliphatic carbocycles. The number of rotatable bonds is 5. The Hall–Kier alpha value is -0.830. The second-order valence-electron chi connectivity index (χ2n) is 4.42. The first-order chi connectivity index (χ1) is 8.74. The zero-order chi connectivity index (χ0) is 13.0. The maximum atomic E-state index is 6.45. The van der Waals surface area contributed by atoms with E-state index < -0.39 is 0 Å². The Labute approximate surface area is 118 Å². The van der Waals surface area contributed by atoms with Gasteiger partial charge in [-0.1, -0.05) is 36.7 Å². The van der Waals surface area contributed by atoms with E-state index in [1.807, 2.05) is 0 Å². The average molecular weight is 280 g/mol. The van der Waals surface area contributed by atoms with Crippen molar-refractivity contribution in [2.75, 3.05) is 6.54 Å². The third-order valence-electron chi connectivity index (χ3n) is 3.01. The fourth-order valence-electron chi connectivity index (χ4n) is 2.03. The molecule has 0 aliphatic heterocycles. The number of aryl methyl sites for hydroxylation is 1. The molecule has 0 bridgehead atoms. The summed E-state index contributed by atoms with van der Waals surface area (Å²) in [5.74, 6) is 0. The van der Waals surface area contributed by atoms with Crippen molar-refractivity contribution in [3.8, 4) is 0 Å². The van der Waals surface area contributed by atoms with Gasteiger partial charge in [0.1, 0.15) is 0 Å². The number of hydrogen-bond acceptors (Lipinski definition) is 2. The summed E-state index contributed by atoms with van der Waals surface area (Å²) >= 11 is 8.17. The molecule has 0 saturated carbocycles. The van der Waals surface area contributed by atoms with Gasteiger partial charge in [0.25, 0.3) is 0 Å². The van der Waals surface area contributed by atoms with Crippen LogP contribution in [0.2, 0.25) is 5.02 Å². The van der Waals surface area contributed by atoms with Crippen LogP contribution in [0.1, 0.15) is 36.1 Å². The molecule has 1 aromatic heterocycles. The van der Waals surface area contributed by atoms with Crippen molar-refractivity contribution in [2.24, 2.45) is 0 Å². The molecule has 0 amide bonds. The molecule has 3 heteroatoms. The molecule has 1 unspecified atom stereocenters. The van der Waals surface area contributed by atoms with E-state index in [-0.39, 0.29) is 6.04 Å². The molecule has 1 nitrogen and oxygen atoms in total. The SMILES string of the molecule is CCCNC(c1ccsc1)c1cccc(C)c1Cl. The van der Waals surface area contributed by atoms with Crippen LogP contribution in [0, 0.1) is 6.92 Å². The van der Waals surface area contributed by atoms with E-state index in [4.69, 9.17) is 11.6 Å². The zero-order valence-corrected chi connectivity index (χ0v) is 12.3. The first kappa shape index (κ1) is 13.6. The molecule has 1 heterocycles. The zero-order valence-electron chi connectivity index (χ0n) is 10.7. The van der Waals surface area contributed by atoms with Crippen LogP contribution in [0.15, 0.2) is 35.0 Å². The van der Waals surface area contributed by atoms with E-state index in [2.05, 4.69) is 54.2 Å². The summed E-state index contributed by atoms with van der Waals surface area (Å²) in [4.78, 5) is 0. The lowest BCUT2D eigenvalue weighted by Gasteiger charge is -2.20. The van der Waals surface area contributed by atoms with E-state index in [0.29, 0.717) is 0 Å². The fraction of sp³-hybridized carbons (Fsp3) is 0.333. The number of hydrogen-bond donors (Lipinski definition) is 1. The summed E-state index contributed by atoms with van der Waals surface area (Å²) in [7, 11) is 0. The molecule has 96 valence electrons. The lowest BCUT2D eigenvalue weighted by atomic mass is 9.99. The standard InChI is InChI=1S/C15H18ClNS/c1-3-8-17-15(12-7-9-18-10-12)13-6-4-5-11(2)14(13)16/h4-7,9-10,15,17H,3,8H2,1-2H3. The van der Waals surface area contributed by atoms with E-state index in [0.717, 1.165) is 23.6 Å². The molecule has 0 fully saturated rings. The Balaban J connectivity index is 2.37. The Morgan fingerprint density at radius 1 is 1.33 bits per heavy atom. The quantitative estimate of drug-likeness (QED) is 0.829. The predicted octanol–water partition coefficient (Wildman–Crippen LogP) is 4.80. The van der Waals surface area contributed by atoms with Gasteiger partial charge in [0.2, 0.25) is 0 Å². The second kappa shape index (κ2) is 6.37.